The summed E-state index contributed by atoms with van der Waals surface area (Å²) in [5, 5.41) is 0. The summed E-state index contributed by atoms with van der Waals surface area (Å²) in [5.41, 5.74) is 2.26. The van der Waals surface area contributed by atoms with Gasteiger partial charge in [-0.2, -0.15) is 4.31 Å². The zero-order valence-corrected chi connectivity index (χ0v) is 11.0. The number of rotatable bonds is 4. The Labute approximate surface area is 106 Å². The Hall–Kier alpha value is -1.25. The SMILES string of the molecule is CCC1CCN(S(=O)(=O)c2cnc(NN)nc2)C1. The lowest BCUT2D eigenvalue weighted by molar-refractivity contribution is 0.452. The van der Waals surface area contributed by atoms with Gasteiger partial charge in [-0.25, -0.2) is 24.2 Å². The molecule has 8 heteroatoms. The van der Waals surface area contributed by atoms with Crippen LogP contribution in [0.2, 0.25) is 0 Å². The topological polar surface area (TPSA) is 101 Å². The number of nitrogen functional groups attached to an aromatic ring is 1. The van der Waals surface area contributed by atoms with Crippen LogP contribution in [-0.4, -0.2) is 35.8 Å². The van der Waals surface area contributed by atoms with Crippen molar-refractivity contribution in [1.82, 2.24) is 14.3 Å². The molecule has 3 N–H and O–H groups in total. The minimum absolute atomic E-state index is 0.109. The van der Waals surface area contributed by atoms with Gasteiger partial charge in [-0.15, -0.1) is 0 Å². The number of hydrogen-bond acceptors (Lipinski definition) is 6. The highest BCUT2D eigenvalue weighted by Gasteiger charge is 2.32. The minimum atomic E-state index is -3.47. The van der Waals surface area contributed by atoms with Gasteiger partial charge in [0.25, 0.3) is 0 Å². The molecule has 18 heavy (non-hydrogen) atoms. The van der Waals surface area contributed by atoms with Crippen LogP contribution in [0.1, 0.15) is 19.8 Å². The molecule has 1 aliphatic rings. The third-order valence-corrected chi connectivity index (χ3v) is 5.04. The molecular formula is C10H17N5O2S. The zero-order valence-electron chi connectivity index (χ0n) is 10.2. The van der Waals surface area contributed by atoms with Gasteiger partial charge in [0.1, 0.15) is 4.90 Å². The maximum absolute atomic E-state index is 12.3. The summed E-state index contributed by atoms with van der Waals surface area (Å²) < 4.78 is 26.1. The van der Waals surface area contributed by atoms with Crippen LogP contribution < -0.4 is 11.3 Å². The van der Waals surface area contributed by atoms with Crippen LogP contribution in [0.25, 0.3) is 0 Å². The molecular weight excluding hydrogens is 254 g/mol. The van der Waals surface area contributed by atoms with Crippen molar-refractivity contribution in [2.75, 3.05) is 18.5 Å². The fourth-order valence-electron chi connectivity index (χ4n) is 2.02. The van der Waals surface area contributed by atoms with Crippen LogP contribution in [-0.2, 0) is 10.0 Å². The van der Waals surface area contributed by atoms with Crippen molar-refractivity contribution in [3.8, 4) is 0 Å². The van der Waals surface area contributed by atoms with Crippen molar-refractivity contribution >= 4 is 16.0 Å². The molecule has 1 atom stereocenters. The summed E-state index contributed by atoms with van der Waals surface area (Å²) in [7, 11) is -3.47. The predicted molar refractivity (Wildman–Crippen MR) is 67.0 cm³/mol. The average Bonchev–Trinajstić information content (AvgIpc) is 2.88. The highest BCUT2D eigenvalue weighted by molar-refractivity contribution is 7.89. The van der Waals surface area contributed by atoms with E-state index in [1.54, 1.807) is 0 Å². The molecule has 0 radical (unpaired) electrons. The number of hydrazine groups is 1. The Kier molecular flexibility index (Phi) is 3.79. The van der Waals surface area contributed by atoms with E-state index >= 15 is 0 Å². The van der Waals surface area contributed by atoms with Gasteiger partial charge in [0.2, 0.25) is 16.0 Å². The molecule has 1 unspecified atom stereocenters. The largest absolute Gasteiger partial charge is 0.292 e. The maximum atomic E-state index is 12.3. The summed E-state index contributed by atoms with van der Waals surface area (Å²) in [6, 6.07) is 0. The van der Waals surface area contributed by atoms with Gasteiger partial charge in [-0.05, 0) is 12.3 Å². The quantitative estimate of drug-likeness (QED) is 0.598. The van der Waals surface area contributed by atoms with E-state index in [4.69, 9.17) is 5.84 Å². The van der Waals surface area contributed by atoms with Crippen molar-refractivity contribution < 1.29 is 8.42 Å². The zero-order chi connectivity index (χ0) is 13.2. The molecule has 2 rings (SSSR count). The molecule has 0 amide bonds. The Balaban J connectivity index is 2.20. The molecule has 1 saturated heterocycles. The number of nitrogens with one attached hydrogen (secondary N) is 1. The molecule has 100 valence electrons. The van der Waals surface area contributed by atoms with Gasteiger partial charge in [-0.3, -0.25) is 5.43 Å². The molecule has 7 nitrogen and oxygen atoms in total. The standard InChI is InChI=1S/C10H17N5O2S/c1-2-8-3-4-15(7-8)18(16,17)9-5-12-10(14-11)13-6-9/h5-6,8H,2-4,7,11H2,1H3,(H,12,13,14). The molecule has 0 saturated carbocycles. The van der Waals surface area contributed by atoms with Crippen LogP contribution in [0.15, 0.2) is 17.3 Å². The van der Waals surface area contributed by atoms with Crippen LogP contribution in [0, 0.1) is 5.92 Å². The average molecular weight is 271 g/mol. The summed E-state index contributed by atoms with van der Waals surface area (Å²) >= 11 is 0. The first-order valence-corrected chi connectivity index (χ1v) is 7.30. The smallest absolute Gasteiger partial charge is 0.246 e. The van der Waals surface area contributed by atoms with E-state index in [1.807, 2.05) is 0 Å². The number of anilines is 1. The summed E-state index contributed by atoms with van der Waals surface area (Å²) in [6.07, 6.45) is 4.46. The molecule has 1 fully saturated rings. The van der Waals surface area contributed by atoms with Gasteiger partial charge >= 0.3 is 0 Å². The van der Waals surface area contributed by atoms with E-state index in [0.717, 1.165) is 12.8 Å². The summed E-state index contributed by atoms with van der Waals surface area (Å²) in [5.74, 6) is 5.78. The second-order valence-corrected chi connectivity index (χ2v) is 6.25. The van der Waals surface area contributed by atoms with Crippen LogP contribution in [0.3, 0.4) is 0 Å². The highest BCUT2D eigenvalue weighted by Crippen LogP contribution is 2.25. The second-order valence-electron chi connectivity index (χ2n) is 4.31. The van der Waals surface area contributed by atoms with E-state index in [1.165, 1.54) is 16.7 Å². The van der Waals surface area contributed by atoms with Crippen molar-refractivity contribution in [2.24, 2.45) is 11.8 Å². The third kappa shape index (κ3) is 2.45. The van der Waals surface area contributed by atoms with Crippen LogP contribution in [0.5, 0.6) is 0 Å². The van der Waals surface area contributed by atoms with E-state index in [0.29, 0.717) is 19.0 Å². The number of nitrogens with zero attached hydrogens (tertiary/aromatic N) is 3. The van der Waals surface area contributed by atoms with E-state index in [2.05, 4.69) is 22.3 Å². The molecule has 1 aromatic heterocycles. The maximum Gasteiger partial charge on any atom is 0.246 e. The molecule has 0 aromatic carbocycles. The minimum Gasteiger partial charge on any atom is -0.292 e. The fraction of sp³-hybridized carbons (Fsp3) is 0.600. The molecule has 0 bridgehead atoms. The normalized spacial score (nSPS) is 21.1. The first-order chi connectivity index (χ1) is 8.57. The first-order valence-electron chi connectivity index (χ1n) is 5.86. The molecule has 2 heterocycles. The second kappa shape index (κ2) is 5.17. The first kappa shape index (κ1) is 13.2. The summed E-state index contributed by atoms with van der Waals surface area (Å²) in [6.45, 7) is 3.22. The van der Waals surface area contributed by atoms with Gasteiger partial charge in [-0.1, -0.05) is 13.3 Å². The molecule has 1 aliphatic heterocycles. The monoisotopic (exact) mass is 271 g/mol. The summed E-state index contributed by atoms with van der Waals surface area (Å²) in [4.78, 5) is 7.75. The Bertz CT molecular complexity index is 502. The van der Waals surface area contributed by atoms with Gasteiger partial charge in [0.15, 0.2) is 0 Å². The van der Waals surface area contributed by atoms with E-state index < -0.39 is 10.0 Å². The van der Waals surface area contributed by atoms with Gasteiger partial charge in [0.05, 0.1) is 12.4 Å². The Morgan fingerprint density at radius 2 is 2.17 bits per heavy atom. The fourth-order valence-corrected chi connectivity index (χ4v) is 3.44. The van der Waals surface area contributed by atoms with Crippen molar-refractivity contribution in [3.63, 3.8) is 0 Å². The number of hydrogen-bond donors (Lipinski definition) is 2. The lowest BCUT2D eigenvalue weighted by atomic mass is 10.1. The molecule has 0 aliphatic carbocycles. The molecule has 1 aromatic rings. The molecule has 0 spiro atoms. The highest BCUT2D eigenvalue weighted by atomic mass is 32.2. The Morgan fingerprint density at radius 3 is 2.67 bits per heavy atom. The van der Waals surface area contributed by atoms with Crippen LogP contribution in [0.4, 0.5) is 5.95 Å². The van der Waals surface area contributed by atoms with Crippen LogP contribution >= 0.6 is 0 Å². The van der Waals surface area contributed by atoms with Gasteiger partial charge in [0, 0.05) is 13.1 Å². The predicted octanol–water partition coefficient (Wildman–Crippen LogP) is 0.183. The number of nitrogens with two attached hydrogens (primary N) is 1. The lowest BCUT2D eigenvalue weighted by Gasteiger charge is -2.15. The third-order valence-electron chi connectivity index (χ3n) is 3.22. The lowest BCUT2D eigenvalue weighted by Crippen LogP contribution is -2.29. The van der Waals surface area contributed by atoms with Gasteiger partial charge < -0.3 is 0 Å². The number of aromatic nitrogens is 2. The van der Waals surface area contributed by atoms with Crippen molar-refractivity contribution in [3.05, 3.63) is 12.4 Å². The Morgan fingerprint density at radius 1 is 1.50 bits per heavy atom. The van der Waals surface area contributed by atoms with E-state index in [9.17, 15) is 8.42 Å². The number of sulfonamides is 1. The van der Waals surface area contributed by atoms with E-state index in [-0.39, 0.29) is 10.8 Å². The van der Waals surface area contributed by atoms with Crippen molar-refractivity contribution in [1.29, 1.82) is 0 Å². The van der Waals surface area contributed by atoms with Crippen molar-refractivity contribution in [2.45, 2.75) is 24.7 Å².